The van der Waals surface area contributed by atoms with Gasteiger partial charge in [0.25, 0.3) is 0 Å². The van der Waals surface area contributed by atoms with Gasteiger partial charge in [0.1, 0.15) is 11.6 Å². The van der Waals surface area contributed by atoms with Gasteiger partial charge in [0.2, 0.25) is 0 Å². The van der Waals surface area contributed by atoms with Crippen molar-refractivity contribution in [2.45, 2.75) is 38.5 Å². The Morgan fingerprint density at radius 3 is 2.77 bits per heavy atom. The van der Waals surface area contributed by atoms with Crippen molar-refractivity contribution in [3.63, 3.8) is 0 Å². The van der Waals surface area contributed by atoms with Crippen molar-refractivity contribution in [1.29, 1.82) is 0 Å². The van der Waals surface area contributed by atoms with E-state index in [-0.39, 0.29) is 13.1 Å². The van der Waals surface area contributed by atoms with Crippen molar-refractivity contribution in [1.82, 2.24) is 15.3 Å². The molecule has 0 aliphatic carbocycles. The van der Waals surface area contributed by atoms with Gasteiger partial charge >= 0.3 is 22.5 Å². The fourth-order valence-corrected chi connectivity index (χ4v) is 4.42. The van der Waals surface area contributed by atoms with Gasteiger partial charge in [-0.05, 0) is 37.8 Å². The van der Waals surface area contributed by atoms with Gasteiger partial charge in [-0.2, -0.15) is 13.5 Å². The minimum absolute atomic E-state index is 0.0978. The summed E-state index contributed by atoms with van der Waals surface area (Å²) in [5.41, 5.74) is 0.0659. The lowest BCUT2D eigenvalue weighted by Gasteiger charge is -2.31. The lowest BCUT2D eigenvalue weighted by atomic mass is 10.00. The molecule has 12 heteroatoms. The number of urea groups is 1. The van der Waals surface area contributed by atoms with Crippen molar-refractivity contribution in [3.8, 4) is 0 Å². The van der Waals surface area contributed by atoms with E-state index >= 15 is 0 Å². The first-order valence-corrected chi connectivity index (χ1v) is 10.0. The summed E-state index contributed by atoms with van der Waals surface area (Å²) in [7, 11) is -4.84. The summed E-state index contributed by atoms with van der Waals surface area (Å²) in [5.74, 6) is 0. The summed E-state index contributed by atoms with van der Waals surface area (Å²) in [4.78, 5) is 26.6. The molecule has 2 N–H and O–H groups in total. The van der Waals surface area contributed by atoms with Crippen LogP contribution in [-0.4, -0.2) is 53.7 Å². The van der Waals surface area contributed by atoms with E-state index in [2.05, 4.69) is 9.60 Å². The molecule has 1 aromatic heterocycles. The van der Waals surface area contributed by atoms with E-state index in [1.807, 2.05) is 5.38 Å². The fourth-order valence-electron chi connectivity index (χ4n) is 2.98. The molecule has 2 atom stereocenters. The number of carbonyl (C=O) groups is 2. The van der Waals surface area contributed by atoms with Gasteiger partial charge in [0.15, 0.2) is 0 Å². The molecule has 0 saturated carbocycles. The van der Waals surface area contributed by atoms with E-state index in [1.165, 1.54) is 16.2 Å². The number of nitrogens with zero attached hydrogens (tertiary/aromatic N) is 2. The van der Waals surface area contributed by atoms with E-state index in [4.69, 9.17) is 9.29 Å². The Morgan fingerprint density at radius 2 is 2.15 bits per heavy atom. The highest BCUT2D eigenvalue weighted by atomic mass is 32.3. The van der Waals surface area contributed by atoms with Crippen molar-refractivity contribution >= 4 is 33.9 Å². The molecule has 2 aliphatic rings. The lowest BCUT2D eigenvalue weighted by molar-refractivity contribution is -0.0316. The molecular formula is C14H19N3O7S2. The molecule has 26 heavy (non-hydrogen) atoms. The molecule has 0 unspecified atom stereocenters. The number of hydrogen-bond donors (Lipinski definition) is 2. The predicted octanol–water partition coefficient (Wildman–Crippen LogP) is 1.84. The Kier molecular flexibility index (Phi) is 4.63. The van der Waals surface area contributed by atoms with Gasteiger partial charge in [-0.25, -0.2) is 9.59 Å². The highest BCUT2D eigenvalue weighted by Gasteiger charge is 2.50. The van der Waals surface area contributed by atoms with E-state index in [0.29, 0.717) is 5.06 Å². The van der Waals surface area contributed by atoms with Crippen LogP contribution >= 0.6 is 11.3 Å². The van der Waals surface area contributed by atoms with Crippen molar-refractivity contribution in [3.05, 3.63) is 21.9 Å². The average molecular weight is 405 g/mol. The molecule has 1 saturated heterocycles. The Labute approximate surface area is 154 Å². The Bertz CT molecular complexity index is 830. The van der Waals surface area contributed by atoms with Gasteiger partial charge < -0.3 is 15.0 Å². The monoisotopic (exact) mass is 405 g/mol. The second-order valence-electron chi connectivity index (χ2n) is 6.92. The van der Waals surface area contributed by atoms with E-state index in [9.17, 15) is 18.0 Å². The maximum Gasteiger partial charge on any atom is 0.418 e. The van der Waals surface area contributed by atoms with E-state index in [0.717, 1.165) is 10.4 Å². The maximum atomic E-state index is 12.5. The van der Waals surface area contributed by atoms with Crippen molar-refractivity contribution in [2.24, 2.45) is 0 Å². The minimum Gasteiger partial charge on any atom is -0.444 e. The molecule has 2 bridgehead atoms. The summed E-state index contributed by atoms with van der Waals surface area (Å²) in [6.45, 7) is 5.50. The van der Waals surface area contributed by atoms with E-state index in [1.54, 1.807) is 26.8 Å². The molecular weight excluding hydrogens is 386 g/mol. The number of fused-ring (bicyclic) bond motifs is 4. The van der Waals surface area contributed by atoms with Gasteiger partial charge in [-0.15, -0.1) is 15.6 Å². The maximum absolute atomic E-state index is 12.5. The van der Waals surface area contributed by atoms with Crippen LogP contribution in [0.3, 0.4) is 0 Å². The summed E-state index contributed by atoms with van der Waals surface area (Å²) < 4.78 is 40.7. The van der Waals surface area contributed by atoms with Crippen LogP contribution in [0.1, 0.15) is 43.3 Å². The molecule has 3 rings (SSSR count). The highest BCUT2D eigenvalue weighted by Crippen LogP contribution is 2.46. The van der Waals surface area contributed by atoms with Crippen LogP contribution in [0, 0.1) is 0 Å². The zero-order chi connectivity index (χ0) is 19.3. The number of nitrogens with one attached hydrogen (secondary N) is 1. The van der Waals surface area contributed by atoms with Crippen LogP contribution in [0.4, 0.5) is 9.59 Å². The SMILES string of the molecule is CC(C)(C)OC(=O)NC[C@@H]1c2sccc2[C@H]2CN1C(=O)N2OS(=O)(=O)O. The van der Waals surface area contributed by atoms with Crippen molar-refractivity contribution < 1.29 is 31.6 Å². The number of alkyl carbamates (subject to hydrolysis) is 1. The van der Waals surface area contributed by atoms with Gasteiger partial charge in [0.05, 0.1) is 12.6 Å². The topological polar surface area (TPSA) is 125 Å². The van der Waals surface area contributed by atoms with Crippen molar-refractivity contribution in [2.75, 3.05) is 13.1 Å². The van der Waals surface area contributed by atoms with Gasteiger partial charge in [0, 0.05) is 11.4 Å². The van der Waals surface area contributed by atoms with E-state index < -0.39 is 40.2 Å². The van der Waals surface area contributed by atoms with Crippen LogP contribution in [0.5, 0.6) is 0 Å². The largest absolute Gasteiger partial charge is 0.444 e. The number of rotatable bonds is 4. The van der Waals surface area contributed by atoms with Crippen LogP contribution in [0.2, 0.25) is 0 Å². The zero-order valence-corrected chi connectivity index (χ0v) is 16.0. The van der Waals surface area contributed by atoms with Crippen LogP contribution in [-0.2, 0) is 19.4 Å². The predicted molar refractivity (Wildman–Crippen MR) is 90.6 cm³/mol. The van der Waals surface area contributed by atoms with Crippen LogP contribution < -0.4 is 5.32 Å². The number of ether oxygens (including phenoxy) is 1. The Morgan fingerprint density at radius 1 is 1.46 bits per heavy atom. The minimum atomic E-state index is -4.84. The average Bonchev–Trinajstić information content (AvgIpc) is 3.04. The molecule has 2 aliphatic heterocycles. The number of amides is 3. The third-order valence-electron chi connectivity index (χ3n) is 3.87. The zero-order valence-electron chi connectivity index (χ0n) is 14.3. The molecule has 3 amide bonds. The molecule has 1 aromatic rings. The number of thiophene rings is 1. The number of hydroxylamine groups is 2. The summed E-state index contributed by atoms with van der Waals surface area (Å²) >= 11 is 1.39. The first-order valence-electron chi connectivity index (χ1n) is 7.77. The Balaban J connectivity index is 1.80. The molecule has 144 valence electrons. The first-order chi connectivity index (χ1) is 12.0. The van der Waals surface area contributed by atoms with Crippen LogP contribution in [0.15, 0.2) is 11.4 Å². The summed E-state index contributed by atoms with van der Waals surface area (Å²) in [6, 6.07) is -0.0757. The summed E-state index contributed by atoms with van der Waals surface area (Å²) in [5, 5.41) is 5.09. The third kappa shape index (κ3) is 3.77. The Hall–Kier alpha value is -1.89. The first kappa shape index (κ1) is 18.9. The molecule has 0 aromatic carbocycles. The fraction of sp³-hybridized carbons (Fsp3) is 0.571. The van der Waals surface area contributed by atoms with Gasteiger partial charge in [-0.1, -0.05) is 0 Å². The molecule has 0 spiro atoms. The number of hydrogen-bond acceptors (Lipinski definition) is 7. The molecule has 0 radical (unpaired) electrons. The second-order valence-corrected chi connectivity index (χ2v) is 8.87. The molecule has 1 fully saturated rings. The third-order valence-corrected chi connectivity index (χ3v) is 5.25. The summed E-state index contributed by atoms with van der Waals surface area (Å²) in [6.07, 6.45) is -0.615. The number of carbonyl (C=O) groups excluding carboxylic acids is 2. The highest BCUT2D eigenvalue weighted by molar-refractivity contribution is 7.80. The van der Waals surface area contributed by atoms with Gasteiger partial charge in [-0.3, -0.25) is 4.55 Å². The normalized spacial score (nSPS) is 22.4. The standard InChI is InChI=1S/C14H19N3O7S2/c1-14(2,3)23-12(18)15-6-9-11-8(4-5-25-11)10-7-16(9)13(19)17(10)24-26(20,21)22/h4-5,9-10H,6-7H2,1-3H3,(H,15,18)(H,20,21,22)/t9-,10-/m1/s1. The molecule has 3 heterocycles. The lowest BCUT2D eigenvalue weighted by Crippen LogP contribution is -2.42. The molecule has 10 nitrogen and oxygen atoms in total. The quantitative estimate of drug-likeness (QED) is 0.732. The smallest absolute Gasteiger partial charge is 0.418 e. The second kappa shape index (κ2) is 6.37. The van der Waals surface area contributed by atoms with Crippen LogP contribution in [0.25, 0.3) is 0 Å².